The number of carbonyl (C=O) groups excluding carboxylic acids is 1. The molecular formula is C21H23N2O2. The van der Waals surface area contributed by atoms with Crippen LogP contribution in [0.15, 0.2) is 60.7 Å². The highest BCUT2D eigenvalue weighted by atomic mass is 16.5. The number of amides is 1. The SMILES string of the molecule is C[CH]C(OC)C(C#N)C(NC(=O)Cc1ccccc1)c1ccccc1. The molecule has 0 aromatic heterocycles. The van der Waals surface area contributed by atoms with Crippen LogP contribution in [0.5, 0.6) is 0 Å². The molecule has 0 spiro atoms. The maximum Gasteiger partial charge on any atom is 0.224 e. The maximum atomic E-state index is 12.5. The van der Waals surface area contributed by atoms with Crippen LogP contribution >= 0.6 is 0 Å². The van der Waals surface area contributed by atoms with E-state index in [4.69, 9.17) is 4.74 Å². The van der Waals surface area contributed by atoms with Crippen molar-refractivity contribution < 1.29 is 9.53 Å². The van der Waals surface area contributed by atoms with Crippen molar-refractivity contribution in [1.82, 2.24) is 5.32 Å². The van der Waals surface area contributed by atoms with Gasteiger partial charge in [0.1, 0.15) is 0 Å². The van der Waals surface area contributed by atoms with E-state index in [2.05, 4.69) is 11.4 Å². The minimum absolute atomic E-state index is 0.119. The van der Waals surface area contributed by atoms with Crippen LogP contribution in [-0.4, -0.2) is 19.1 Å². The summed E-state index contributed by atoms with van der Waals surface area (Å²) in [6, 6.07) is 21.0. The number of hydrogen-bond donors (Lipinski definition) is 1. The van der Waals surface area contributed by atoms with E-state index >= 15 is 0 Å². The quantitative estimate of drug-likeness (QED) is 0.803. The lowest BCUT2D eigenvalue weighted by Crippen LogP contribution is -2.39. The predicted octanol–water partition coefficient (Wildman–Crippen LogP) is 3.47. The summed E-state index contributed by atoms with van der Waals surface area (Å²) in [7, 11) is 1.57. The van der Waals surface area contributed by atoms with Crippen molar-refractivity contribution in [2.24, 2.45) is 5.92 Å². The Kier molecular flexibility index (Phi) is 7.18. The molecule has 2 rings (SSSR count). The Morgan fingerprint density at radius 2 is 1.76 bits per heavy atom. The van der Waals surface area contributed by atoms with Crippen molar-refractivity contribution in [2.75, 3.05) is 7.11 Å². The van der Waals surface area contributed by atoms with Crippen LogP contribution in [0.3, 0.4) is 0 Å². The fourth-order valence-electron chi connectivity index (χ4n) is 2.87. The van der Waals surface area contributed by atoms with Crippen molar-refractivity contribution >= 4 is 5.91 Å². The van der Waals surface area contributed by atoms with Gasteiger partial charge in [-0.25, -0.2) is 0 Å². The first kappa shape index (κ1) is 18.7. The van der Waals surface area contributed by atoms with E-state index in [-0.39, 0.29) is 18.4 Å². The zero-order chi connectivity index (χ0) is 18.1. The fraction of sp³-hybridized carbons (Fsp3) is 0.286. The molecule has 0 heterocycles. The molecule has 0 saturated carbocycles. The monoisotopic (exact) mass is 335 g/mol. The Bertz CT molecular complexity index is 691. The molecule has 4 heteroatoms. The van der Waals surface area contributed by atoms with Crippen molar-refractivity contribution in [3.05, 3.63) is 78.2 Å². The molecule has 3 unspecified atom stereocenters. The molecule has 0 aliphatic heterocycles. The first-order valence-corrected chi connectivity index (χ1v) is 8.29. The molecule has 0 saturated heterocycles. The Morgan fingerprint density at radius 3 is 2.28 bits per heavy atom. The summed E-state index contributed by atoms with van der Waals surface area (Å²) in [5.74, 6) is -0.636. The summed E-state index contributed by atoms with van der Waals surface area (Å²) in [4.78, 5) is 12.5. The topological polar surface area (TPSA) is 62.1 Å². The largest absolute Gasteiger partial charge is 0.380 e. The van der Waals surface area contributed by atoms with Gasteiger partial charge in [-0.2, -0.15) is 5.26 Å². The fourth-order valence-corrected chi connectivity index (χ4v) is 2.87. The molecule has 1 radical (unpaired) electrons. The second-order valence-electron chi connectivity index (χ2n) is 5.81. The molecule has 1 amide bonds. The lowest BCUT2D eigenvalue weighted by atomic mass is 9.88. The van der Waals surface area contributed by atoms with Crippen LogP contribution in [0.25, 0.3) is 0 Å². The van der Waals surface area contributed by atoms with Gasteiger partial charge in [0.05, 0.1) is 30.6 Å². The van der Waals surface area contributed by atoms with Gasteiger partial charge in [-0.1, -0.05) is 67.6 Å². The molecule has 4 nitrogen and oxygen atoms in total. The standard InChI is InChI=1S/C21H23N2O2/c1-3-19(25-2)18(15-22)21(17-12-8-5-9-13-17)23-20(24)14-16-10-6-4-7-11-16/h3-13,18-19,21H,14H2,1-2H3,(H,23,24). The number of nitriles is 1. The number of ether oxygens (including phenoxy) is 1. The number of nitrogens with zero attached hydrogens (tertiary/aromatic N) is 1. The van der Waals surface area contributed by atoms with Gasteiger partial charge < -0.3 is 10.1 Å². The molecule has 2 aromatic carbocycles. The van der Waals surface area contributed by atoms with Gasteiger partial charge in [0.2, 0.25) is 5.91 Å². The summed E-state index contributed by atoms with van der Waals surface area (Å²) in [6.07, 6.45) is 1.75. The molecule has 2 aromatic rings. The third-order valence-corrected chi connectivity index (χ3v) is 4.15. The van der Waals surface area contributed by atoms with Gasteiger partial charge in [0.15, 0.2) is 0 Å². The van der Waals surface area contributed by atoms with Gasteiger partial charge in [-0.15, -0.1) is 0 Å². The molecule has 0 bridgehead atoms. The number of hydrogen-bond acceptors (Lipinski definition) is 3. The van der Waals surface area contributed by atoms with Crippen LogP contribution < -0.4 is 5.32 Å². The van der Waals surface area contributed by atoms with E-state index in [1.165, 1.54) is 0 Å². The van der Waals surface area contributed by atoms with Crippen LogP contribution in [0, 0.1) is 23.7 Å². The minimum Gasteiger partial charge on any atom is -0.380 e. The van der Waals surface area contributed by atoms with Crippen LogP contribution in [-0.2, 0) is 16.0 Å². The van der Waals surface area contributed by atoms with E-state index in [0.717, 1.165) is 11.1 Å². The summed E-state index contributed by atoms with van der Waals surface area (Å²) in [5, 5.41) is 12.7. The number of nitrogens with one attached hydrogen (secondary N) is 1. The molecule has 0 aliphatic carbocycles. The zero-order valence-electron chi connectivity index (χ0n) is 14.6. The van der Waals surface area contributed by atoms with E-state index < -0.39 is 12.0 Å². The minimum atomic E-state index is -0.517. The average Bonchev–Trinajstić information content (AvgIpc) is 2.66. The second-order valence-corrected chi connectivity index (χ2v) is 5.81. The highest BCUT2D eigenvalue weighted by molar-refractivity contribution is 5.79. The van der Waals surface area contributed by atoms with Crippen molar-refractivity contribution in [3.8, 4) is 6.07 Å². The highest BCUT2D eigenvalue weighted by Gasteiger charge is 2.31. The van der Waals surface area contributed by atoms with Gasteiger partial charge in [-0.05, 0) is 17.5 Å². The summed E-state index contributed by atoms with van der Waals surface area (Å²) < 4.78 is 5.43. The van der Waals surface area contributed by atoms with E-state index in [1.54, 1.807) is 7.11 Å². The molecule has 129 valence electrons. The van der Waals surface area contributed by atoms with Gasteiger partial charge in [-0.3, -0.25) is 4.79 Å². The Labute approximate surface area is 149 Å². The average molecular weight is 335 g/mol. The lowest BCUT2D eigenvalue weighted by molar-refractivity contribution is -0.121. The summed E-state index contributed by atoms with van der Waals surface area (Å²) >= 11 is 0. The predicted molar refractivity (Wildman–Crippen MR) is 97.3 cm³/mol. The molecule has 0 aliphatic rings. The molecular weight excluding hydrogens is 312 g/mol. The zero-order valence-corrected chi connectivity index (χ0v) is 14.6. The van der Waals surface area contributed by atoms with Crippen molar-refractivity contribution in [2.45, 2.75) is 25.5 Å². The molecule has 3 atom stereocenters. The number of methoxy groups -OCH3 is 1. The molecule has 0 fully saturated rings. The Morgan fingerprint density at radius 1 is 1.16 bits per heavy atom. The van der Waals surface area contributed by atoms with Crippen LogP contribution in [0.4, 0.5) is 0 Å². The smallest absolute Gasteiger partial charge is 0.224 e. The first-order valence-electron chi connectivity index (χ1n) is 8.29. The van der Waals surface area contributed by atoms with Crippen molar-refractivity contribution in [1.29, 1.82) is 5.26 Å². The third kappa shape index (κ3) is 5.17. The number of carbonyl (C=O) groups is 1. The normalized spacial score (nSPS) is 14.1. The van der Waals surface area contributed by atoms with Crippen LogP contribution in [0.1, 0.15) is 24.1 Å². The second kappa shape index (κ2) is 9.61. The van der Waals surface area contributed by atoms with Gasteiger partial charge in [0.25, 0.3) is 0 Å². The highest BCUT2D eigenvalue weighted by Crippen LogP contribution is 2.27. The lowest BCUT2D eigenvalue weighted by Gasteiger charge is -2.28. The van der Waals surface area contributed by atoms with Gasteiger partial charge in [0, 0.05) is 7.11 Å². The van der Waals surface area contributed by atoms with E-state index in [1.807, 2.05) is 74.0 Å². The summed E-state index contributed by atoms with van der Waals surface area (Å²) in [6.45, 7) is 1.85. The van der Waals surface area contributed by atoms with E-state index in [0.29, 0.717) is 0 Å². The first-order chi connectivity index (χ1) is 12.2. The number of benzene rings is 2. The maximum absolute atomic E-state index is 12.5. The summed E-state index contributed by atoms with van der Waals surface area (Å²) in [5.41, 5.74) is 1.82. The van der Waals surface area contributed by atoms with Crippen molar-refractivity contribution in [3.63, 3.8) is 0 Å². The molecule has 1 N–H and O–H groups in total. The van der Waals surface area contributed by atoms with E-state index in [9.17, 15) is 10.1 Å². The van der Waals surface area contributed by atoms with Gasteiger partial charge >= 0.3 is 0 Å². The third-order valence-electron chi connectivity index (χ3n) is 4.15. The molecule has 25 heavy (non-hydrogen) atoms. The Hall–Kier alpha value is -2.64. The Balaban J connectivity index is 2.22. The van der Waals surface area contributed by atoms with Crippen LogP contribution in [0.2, 0.25) is 0 Å². The number of rotatable bonds is 8.